The highest BCUT2D eigenvalue weighted by Crippen LogP contribution is 2.16. The fourth-order valence-electron chi connectivity index (χ4n) is 1.58. The Morgan fingerprint density at radius 3 is 2.33 bits per heavy atom. The molecular formula is C12H20N2O. The van der Waals surface area contributed by atoms with E-state index in [2.05, 4.69) is 19.2 Å². The van der Waals surface area contributed by atoms with Crippen molar-refractivity contribution in [2.24, 2.45) is 11.7 Å². The van der Waals surface area contributed by atoms with Gasteiger partial charge in [-0.2, -0.15) is 0 Å². The number of nitrogens with two attached hydrogens (primary N) is 1. The Hall–Kier alpha value is -1.22. The minimum atomic E-state index is 0.286. The van der Waals surface area contributed by atoms with Crippen LogP contribution in [0.2, 0.25) is 0 Å². The van der Waals surface area contributed by atoms with Crippen LogP contribution in [0.5, 0.6) is 5.75 Å². The lowest BCUT2D eigenvalue weighted by molar-refractivity contribution is 0.475. The molecule has 0 heterocycles. The summed E-state index contributed by atoms with van der Waals surface area (Å²) in [6, 6.07) is 7.36. The van der Waals surface area contributed by atoms with Crippen molar-refractivity contribution in [2.75, 3.05) is 11.9 Å². The van der Waals surface area contributed by atoms with Crippen molar-refractivity contribution >= 4 is 5.69 Å². The summed E-state index contributed by atoms with van der Waals surface area (Å²) < 4.78 is 0. The Morgan fingerprint density at radius 1 is 1.27 bits per heavy atom. The van der Waals surface area contributed by atoms with Crippen molar-refractivity contribution < 1.29 is 5.11 Å². The molecule has 0 radical (unpaired) electrons. The van der Waals surface area contributed by atoms with Crippen molar-refractivity contribution in [1.29, 1.82) is 0 Å². The van der Waals surface area contributed by atoms with Gasteiger partial charge in [-0.3, -0.25) is 0 Å². The van der Waals surface area contributed by atoms with Crippen molar-refractivity contribution in [1.82, 2.24) is 0 Å². The molecule has 1 unspecified atom stereocenters. The number of aromatic hydroxyl groups is 1. The predicted molar refractivity (Wildman–Crippen MR) is 64.0 cm³/mol. The van der Waals surface area contributed by atoms with Gasteiger partial charge in [0.2, 0.25) is 0 Å². The van der Waals surface area contributed by atoms with E-state index >= 15 is 0 Å². The molecule has 0 spiro atoms. The number of phenols is 1. The summed E-state index contributed by atoms with van der Waals surface area (Å²) in [6.45, 7) is 4.99. The molecular weight excluding hydrogens is 188 g/mol. The third kappa shape index (κ3) is 4.21. The second-order valence-corrected chi connectivity index (χ2v) is 4.25. The molecule has 0 saturated carbocycles. The normalized spacial score (nSPS) is 12.8. The summed E-state index contributed by atoms with van der Waals surface area (Å²) in [4.78, 5) is 0. The van der Waals surface area contributed by atoms with Gasteiger partial charge >= 0.3 is 0 Å². The number of hydrogen-bond donors (Lipinski definition) is 3. The van der Waals surface area contributed by atoms with Gasteiger partial charge in [-0.15, -0.1) is 0 Å². The third-order valence-electron chi connectivity index (χ3n) is 2.28. The average molecular weight is 208 g/mol. The van der Waals surface area contributed by atoms with Crippen LogP contribution < -0.4 is 11.1 Å². The summed E-state index contributed by atoms with van der Waals surface area (Å²) >= 11 is 0. The monoisotopic (exact) mass is 208 g/mol. The van der Waals surface area contributed by atoms with Crippen LogP contribution in [-0.2, 0) is 0 Å². The fourth-order valence-corrected chi connectivity index (χ4v) is 1.58. The fraction of sp³-hybridized carbons (Fsp3) is 0.500. The quantitative estimate of drug-likeness (QED) is 0.650. The molecule has 84 valence electrons. The molecule has 1 aromatic carbocycles. The molecule has 3 heteroatoms. The second-order valence-electron chi connectivity index (χ2n) is 4.25. The summed E-state index contributed by atoms with van der Waals surface area (Å²) in [5.41, 5.74) is 6.69. The van der Waals surface area contributed by atoms with E-state index in [4.69, 9.17) is 10.8 Å². The molecule has 15 heavy (non-hydrogen) atoms. The van der Waals surface area contributed by atoms with Crippen molar-refractivity contribution in [3.05, 3.63) is 24.3 Å². The Kier molecular flexibility index (Phi) is 4.43. The first-order valence-corrected chi connectivity index (χ1v) is 5.37. The molecule has 0 amide bonds. The largest absolute Gasteiger partial charge is 0.508 e. The highest BCUT2D eigenvalue weighted by atomic mass is 16.3. The van der Waals surface area contributed by atoms with Gasteiger partial charge in [0, 0.05) is 18.3 Å². The third-order valence-corrected chi connectivity index (χ3v) is 2.28. The molecule has 1 aromatic rings. The number of rotatable bonds is 5. The van der Waals surface area contributed by atoms with Crippen LogP contribution in [0.15, 0.2) is 24.3 Å². The lowest BCUT2D eigenvalue weighted by Gasteiger charge is -2.19. The van der Waals surface area contributed by atoms with Crippen LogP contribution in [0.1, 0.15) is 20.3 Å². The van der Waals surface area contributed by atoms with E-state index in [9.17, 15) is 0 Å². The molecule has 0 fully saturated rings. The summed E-state index contributed by atoms with van der Waals surface area (Å²) in [6.07, 6.45) is 1.05. The SMILES string of the molecule is CC(C)CC(CN)Nc1ccc(O)cc1. The lowest BCUT2D eigenvalue weighted by atomic mass is 10.0. The van der Waals surface area contributed by atoms with Crippen LogP contribution in [0.3, 0.4) is 0 Å². The standard InChI is InChI=1S/C12H20N2O/c1-9(2)7-11(8-13)14-10-3-5-12(15)6-4-10/h3-6,9,11,14-15H,7-8,13H2,1-2H3. The van der Waals surface area contributed by atoms with Gasteiger partial charge in [-0.1, -0.05) is 13.8 Å². The van der Waals surface area contributed by atoms with Crippen LogP contribution >= 0.6 is 0 Å². The minimum absolute atomic E-state index is 0.286. The van der Waals surface area contributed by atoms with E-state index in [-0.39, 0.29) is 5.75 Å². The number of anilines is 1. The van der Waals surface area contributed by atoms with Crippen molar-refractivity contribution in [3.8, 4) is 5.75 Å². The van der Waals surface area contributed by atoms with Gasteiger partial charge in [0.1, 0.15) is 5.75 Å². The van der Waals surface area contributed by atoms with Gasteiger partial charge in [-0.05, 0) is 36.6 Å². The predicted octanol–water partition coefficient (Wildman–Crippen LogP) is 2.18. The van der Waals surface area contributed by atoms with Crippen LogP contribution in [-0.4, -0.2) is 17.7 Å². The van der Waals surface area contributed by atoms with E-state index < -0.39 is 0 Å². The first kappa shape index (κ1) is 11.9. The zero-order valence-electron chi connectivity index (χ0n) is 9.40. The zero-order valence-corrected chi connectivity index (χ0v) is 9.40. The molecule has 0 saturated heterocycles. The van der Waals surface area contributed by atoms with Crippen LogP contribution in [0.4, 0.5) is 5.69 Å². The van der Waals surface area contributed by atoms with E-state index in [0.717, 1.165) is 12.1 Å². The summed E-state index contributed by atoms with van der Waals surface area (Å²) in [5.74, 6) is 0.914. The molecule has 0 bridgehead atoms. The Balaban J connectivity index is 2.54. The van der Waals surface area contributed by atoms with E-state index in [1.54, 1.807) is 12.1 Å². The smallest absolute Gasteiger partial charge is 0.115 e. The van der Waals surface area contributed by atoms with Gasteiger partial charge in [0.15, 0.2) is 0 Å². The van der Waals surface area contributed by atoms with Gasteiger partial charge in [-0.25, -0.2) is 0 Å². The topological polar surface area (TPSA) is 58.3 Å². The number of nitrogens with one attached hydrogen (secondary N) is 1. The maximum Gasteiger partial charge on any atom is 0.115 e. The van der Waals surface area contributed by atoms with Crippen molar-refractivity contribution in [2.45, 2.75) is 26.3 Å². The zero-order chi connectivity index (χ0) is 11.3. The van der Waals surface area contributed by atoms with E-state index in [1.165, 1.54) is 0 Å². The second kappa shape index (κ2) is 5.61. The maximum absolute atomic E-state index is 9.14. The first-order chi connectivity index (χ1) is 7.11. The number of hydrogen-bond acceptors (Lipinski definition) is 3. The average Bonchev–Trinajstić information content (AvgIpc) is 2.19. The lowest BCUT2D eigenvalue weighted by Crippen LogP contribution is -2.30. The molecule has 0 aromatic heterocycles. The van der Waals surface area contributed by atoms with Crippen LogP contribution in [0, 0.1) is 5.92 Å². The van der Waals surface area contributed by atoms with Crippen molar-refractivity contribution in [3.63, 3.8) is 0 Å². The minimum Gasteiger partial charge on any atom is -0.508 e. The Morgan fingerprint density at radius 2 is 1.87 bits per heavy atom. The molecule has 0 aliphatic rings. The van der Waals surface area contributed by atoms with E-state index in [0.29, 0.717) is 18.5 Å². The molecule has 3 nitrogen and oxygen atoms in total. The maximum atomic E-state index is 9.14. The first-order valence-electron chi connectivity index (χ1n) is 5.37. The number of benzene rings is 1. The summed E-state index contributed by atoms with van der Waals surface area (Å²) in [5, 5.41) is 12.5. The van der Waals surface area contributed by atoms with Gasteiger partial charge < -0.3 is 16.2 Å². The molecule has 0 aliphatic heterocycles. The highest BCUT2D eigenvalue weighted by Gasteiger charge is 2.08. The molecule has 1 rings (SSSR count). The molecule has 1 atom stereocenters. The van der Waals surface area contributed by atoms with Gasteiger partial charge in [0.05, 0.1) is 0 Å². The Labute approximate surface area is 91.3 Å². The number of phenolic OH excluding ortho intramolecular Hbond substituents is 1. The highest BCUT2D eigenvalue weighted by molar-refractivity contribution is 5.46. The van der Waals surface area contributed by atoms with Crippen LogP contribution in [0.25, 0.3) is 0 Å². The molecule has 4 N–H and O–H groups in total. The van der Waals surface area contributed by atoms with E-state index in [1.807, 2.05) is 12.1 Å². The van der Waals surface area contributed by atoms with Gasteiger partial charge in [0.25, 0.3) is 0 Å². The molecule has 0 aliphatic carbocycles. The Bertz CT molecular complexity index is 282. The summed E-state index contributed by atoms with van der Waals surface area (Å²) in [7, 11) is 0.